The number of nitroso groups, excluding NO2 is 1. The van der Waals surface area contributed by atoms with Gasteiger partial charge >= 0.3 is 5.97 Å². The first-order valence-electron chi connectivity index (χ1n) is 4.81. The number of benzene rings is 1. The molecule has 0 atom stereocenters. The number of carboxylic acid groups (broad SMARTS) is 1. The van der Waals surface area contributed by atoms with Gasteiger partial charge in [-0.25, -0.2) is 4.79 Å². The van der Waals surface area contributed by atoms with Crippen LogP contribution in [0.4, 0.5) is 11.4 Å². The Labute approximate surface area is 96.1 Å². The van der Waals surface area contributed by atoms with Gasteiger partial charge in [-0.05, 0) is 24.2 Å². The fraction of sp³-hybridized carbons (Fsp3) is 0.0909. The number of carboxylic acids is 1. The zero-order chi connectivity index (χ0) is 12.6. The molecule has 0 spiro atoms. The lowest BCUT2D eigenvalue weighted by Crippen LogP contribution is -2.07. The van der Waals surface area contributed by atoms with Crippen LogP contribution in [0.5, 0.6) is 0 Å². The van der Waals surface area contributed by atoms with Gasteiger partial charge in [0.25, 0.3) is 0 Å². The summed E-state index contributed by atoms with van der Waals surface area (Å²) in [5.41, 5.74) is 6.58. The fourth-order valence-electron chi connectivity index (χ4n) is 1.80. The van der Waals surface area contributed by atoms with E-state index >= 15 is 0 Å². The Morgan fingerprint density at radius 1 is 1.47 bits per heavy atom. The van der Waals surface area contributed by atoms with Crippen LogP contribution in [0.1, 0.15) is 16.1 Å². The van der Waals surface area contributed by atoms with Crippen LogP contribution in [0, 0.1) is 11.8 Å². The van der Waals surface area contributed by atoms with Crippen LogP contribution in [0.25, 0.3) is 10.9 Å². The molecular weight excluding hydrogens is 222 g/mol. The second kappa shape index (κ2) is 3.82. The molecule has 0 aliphatic heterocycles. The summed E-state index contributed by atoms with van der Waals surface area (Å²) in [5.74, 6) is -1.17. The molecule has 6 nitrogen and oxygen atoms in total. The molecule has 0 fully saturated rings. The minimum atomic E-state index is -1.17. The average Bonchev–Trinajstić information content (AvgIpc) is 2.27. The summed E-state index contributed by atoms with van der Waals surface area (Å²) in [6.45, 7) is 1.56. The number of pyridine rings is 1. The maximum absolute atomic E-state index is 11.1. The minimum absolute atomic E-state index is 0.0233. The number of nitrogens with zero attached hydrogens (tertiary/aromatic N) is 2. The molecule has 0 saturated carbocycles. The van der Waals surface area contributed by atoms with E-state index in [1.54, 1.807) is 19.1 Å². The summed E-state index contributed by atoms with van der Waals surface area (Å²) >= 11 is 0. The van der Waals surface area contributed by atoms with Crippen molar-refractivity contribution in [2.45, 2.75) is 6.92 Å². The molecule has 0 radical (unpaired) electrons. The van der Waals surface area contributed by atoms with Crippen molar-refractivity contribution in [3.63, 3.8) is 0 Å². The molecule has 0 unspecified atom stereocenters. The molecule has 1 aromatic heterocycles. The number of nitrogen functional groups attached to an aromatic ring is 1. The highest BCUT2D eigenvalue weighted by molar-refractivity contribution is 6.08. The topological polar surface area (TPSA) is 106 Å². The van der Waals surface area contributed by atoms with Gasteiger partial charge in [-0.3, -0.25) is 4.98 Å². The third kappa shape index (κ3) is 1.59. The first-order valence-corrected chi connectivity index (χ1v) is 4.81. The van der Waals surface area contributed by atoms with E-state index in [0.29, 0.717) is 11.2 Å². The lowest BCUT2D eigenvalue weighted by Gasteiger charge is -2.09. The standard InChI is InChI=1S/C11H9N3O3/c1-5-8(11(15)16)10(12)9-6(13-5)3-2-4-7(9)14-17/h2-4H,1H3,(H2,12,13)(H,15,16). The maximum atomic E-state index is 11.1. The van der Waals surface area contributed by atoms with Gasteiger partial charge in [-0.15, -0.1) is 4.91 Å². The van der Waals surface area contributed by atoms with Crippen LogP contribution < -0.4 is 5.73 Å². The van der Waals surface area contributed by atoms with Gasteiger partial charge in [0.1, 0.15) is 11.3 Å². The number of aromatic nitrogens is 1. The zero-order valence-corrected chi connectivity index (χ0v) is 8.97. The Balaban J connectivity index is 2.98. The van der Waals surface area contributed by atoms with E-state index in [-0.39, 0.29) is 22.3 Å². The molecule has 86 valence electrons. The lowest BCUT2D eigenvalue weighted by molar-refractivity contribution is 0.0697. The molecule has 0 aliphatic carbocycles. The lowest BCUT2D eigenvalue weighted by atomic mass is 10.1. The van der Waals surface area contributed by atoms with Crippen LogP contribution in [0.3, 0.4) is 0 Å². The third-order valence-corrected chi connectivity index (χ3v) is 2.52. The second-order valence-electron chi connectivity index (χ2n) is 3.55. The molecule has 0 aliphatic rings. The zero-order valence-electron chi connectivity index (χ0n) is 8.97. The fourth-order valence-corrected chi connectivity index (χ4v) is 1.80. The van der Waals surface area contributed by atoms with Gasteiger partial charge in [0.2, 0.25) is 0 Å². The molecule has 0 amide bonds. The smallest absolute Gasteiger partial charge is 0.339 e. The number of fused-ring (bicyclic) bond motifs is 1. The van der Waals surface area contributed by atoms with Gasteiger partial charge in [-0.2, -0.15) is 0 Å². The highest BCUT2D eigenvalue weighted by Crippen LogP contribution is 2.33. The number of hydrogen-bond donors (Lipinski definition) is 2. The van der Waals surface area contributed by atoms with E-state index < -0.39 is 5.97 Å². The van der Waals surface area contributed by atoms with Crippen molar-refractivity contribution >= 4 is 28.2 Å². The Morgan fingerprint density at radius 3 is 2.76 bits per heavy atom. The predicted molar refractivity (Wildman–Crippen MR) is 63.3 cm³/mol. The SMILES string of the molecule is Cc1nc2cccc(N=O)c2c(N)c1C(=O)O. The number of carbonyl (C=O) groups is 1. The van der Waals surface area contributed by atoms with Crippen LogP contribution in [-0.2, 0) is 0 Å². The number of nitrogens with two attached hydrogens (primary N) is 1. The van der Waals surface area contributed by atoms with Gasteiger partial charge in [0.15, 0.2) is 0 Å². The van der Waals surface area contributed by atoms with Crippen molar-refractivity contribution in [1.82, 2.24) is 4.98 Å². The minimum Gasteiger partial charge on any atom is -0.478 e. The Hall–Kier alpha value is -2.50. The summed E-state index contributed by atoms with van der Waals surface area (Å²) < 4.78 is 0. The van der Waals surface area contributed by atoms with Crippen molar-refractivity contribution in [3.8, 4) is 0 Å². The molecular formula is C11H9N3O3. The van der Waals surface area contributed by atoms with Crippen molar-refractivity contribution in [2.75, 3.05) is 5.73 Å². The predicted octanol–water partition coefficient (Wildman–Crippen LogP) is 2.22. The summed E-state index contributed by atoms with van der Waals surface area (Å²) in [6.07, 6.45) is 0. The van der Waals surface area contributed by atoms with Crippen LogP contribution in [0.15, 0.2) is 23.4 Å². The van der Waals surface area contributed by atoms with Crippen LogP contribution in [-0.4, -0.2) is 16.1 Å². The Bertz CT molecular complexity index is 637. The monoisotopic (exact) mass is 231 g/mol. The third-order valence-electron chi connectivity index (χ3n) is 2.52. The quantitative estimate of drug-likeness (QED) is 0.771. The first kappa shape index (κ1) is 11.0. The molecule has 1 heterocycles. The Morgan fingerprint density at radius 2 is 2.18 bits per heavy atom. The molecule has 17 heavy (non-hydrogen) atoms. The molecule has 0 saturated heterocycles. The van der Waals surface area contributed by atoms with Gasteiger partial charge in [0, 0.05) is 0 Å². The summed E-state index contributed by atoms with van der Waals surface area (Å²) in [6, 6.07) is 4.73. The van der Waals surface area contributed by atoms with Crippen molar-refractivity contribution in [3.05, 3.63) is 34.4 Å². The van der Waals surface area contributed by atoms with E-state index in [9.17, 15) is 9.70 Å². The molecule has 0 bridgehead atoms. The Kier molecular flexibility index (Phi) is 2.47. The largest absolute Gasteiger partial charge is 0.478 e. The highest BCUT2D eigenvalue weighted by Gasteiger charge is 2.18. The van der Waals surface area contributed by atoms with Gasteiger partial charge in [-0.1, -0.05) is 6.07 Å². The van der Waals surface area contributed by atoms with Gasteiger partial charge < -0.3 is 10.8 Å². The maximum Gasteiger partial charge on any atom is 0.339 e. The molecule has 2 aromatic rings. The summed E-state index contributed by atoms with van der Waals surface area (Å²) in [4.78, 5) is 25.8. The number of hydrogen-bond acceptors (Lipinski definition) is 5. The molecule has 1 aromatic carbocycles. The molecule has 3 N–H and O–H groups in total. The van der Waals surface area contributed by atoms with E-state index in [1.165, 1.54) is 6.07 Å². The number of rotatable bonds is 2. The van der Waals surface area contributed by atoms with E-state index in [4.69, 9.17) is 10.8 Å². The van der Waals surface area contributed by atoms with E-state index in [1.807, 2.05) is 0 Å². The second-order valence-corrected chi connectivity index (χ2v) is 3.55. The molecule has 6 heteroatoms. The highest BCUT2D eigenvalue weighted by atomic mass is 16.4. The number of anilines is 1. The average molecular weight is 231 g/mol. The van der Waals surface area contributed by atoms with E-state index in [0.717, 1.165) is 0 Å². The van der Waals surface area contributed by atoms with Gasteiger partial charge in [0.05, 0.1) is 22.3 Å². The summed E-state index contributed by atoms with van der Waals surface area (Å²) in [5, 5.41) is 12.2. The number of aryl methyl sites for hydroxylation is 1. The summed E-state index contributed by atoms with van der Waals surface area (Å²) in [7, 11) is 0. The number of aromatic carboxylic acids is 1. The van der Waals surface area contributed by atoms with Crippen molar-refractivity contribution in [1.29, 1.82) is 0 Å². The van der Waals surface area contributed by atoms with Crippen LogP contribution >= 0.6 is 0 Å². The van der Waals surface area contributed by atoms with E-state index in [2.05, 4.69) is 10.2 Å². The normalized spacial score (nSPS) is 10.4. The van der Waals surface area contributed by atoms with Crippen molar-refractivity contribution in [2.24, 2.45) is 5.18 Å². The van der Waals surface area contributed by atoms with Crippen LogP contribution in [0.2, 0.25) is 0 Å². The molecule has 2 rings (SSSR count). The first-order chi connectivity index (χ1) is 8.06. The van der Waals surface area contributed by atoms with Crippen molar-refractivity contribution < 1.29 is 9.90 Å².